The van der Waals surface area contributed by atoms with Crippen LogP contribution in [0.2, 0.25) is 0 Å². The first-order valence-electron chi connectivity index (χ1n) is 36.1. The Hall–Kier alpha value is -11.8. The second-order valence-electron chi connectivity index (χ2n) is 25.7. The van der Waals surface area contributed by atoms with Crippen molar-refractivity contribution in [2.24, 2.45) is 63.1 Å². The maximum absolute atomic E-state index is 14.9. The van der Waals surface area contributed by atoms with Gasteiger partial charge in [-0.15, -0.1) is 0 Å². The molecule has 0 aliphatic carbocycles. The number of guanidine groups is 6. The van der Waals surface area contributed by atoms with Gasteiger partial charge in [-0.05, 0) is 159 Å². The van der Waals surface area contributed by atoms with Crippen molar-refractivity contribution in [1.82, 2.24) is 85.1 Å². The van der Waals surface area contributed by atoms with Gasteiger partial charge in [0, 0.05) is 45.7 Å². The summed E-state index contributed by atoms with van der Waals surface area (Å²) in [5.74, 6) is -13.5. The number of amides is 12. The molecule has 0 saturated carbocycles. The molecule has 12 amide bonds. The lowest BCUT2D eigenvalue weighted by Crippen LogP contribution is -2.60. The van der Waals surface area contributed by atoms with Gasteiger partial charge in [0.15, 0.2) is 35.8 Å². The van der Waals surface area contributed by atoms with E-state index < -0.39 is 168 Å². The number of carbonyl (C=O) groups is 12. The van der Waals surface area contributed by atoms with E-state index in [0.717, 1.165) is 0 Å². The zero-order valence-electron chi connectivity index (χ0n) is 62.0. The Morgan fingerprint density at radius 1 is 0.318 bits per heavy atom. The monoisotopic (exact) mass is 1560 g/mol. The summed E-state index contributed by atoms with van der Waals surface area (Å²) in [6.45, 7) is -0.255. The second-order valence-corrected chi connectivity index (χ2v) is 25.7. The summed E-state index contributed by atoms with van der Waals surface area (Å²) in [5.41, 5.74) is 62.3. The molecule has 1 rings (SSSR count). The molecule has 618 valence electrons. The fraction of sp³-hybridized carbons (Fsp3) is 0.625. The molecule has 45 N–H and O–H groups in total. The van der Waals surface area contributed by atoms with Crippen LogP contribution in [0.15, 0.2) is 24.3 Å². The van der Waals surface area contributed by atoms with Gasteiger partial charge >= 0.3 is 0 Å². The number of hydrogen-bond acceptors (Lipinski definition) is 22. The third kappa shape index (κ3) is 44.3. The standard InChI is InChI=1S/C64H119N33O13/c65-25-3-1-11-40(91-51(103)39(13-5-27-82-59(70)71)89-48(100)34-88-50(102)37(67)33-35-19-21-36(98)22-20-35)53(105)92-41(12-2-4-26-66)54(106)94-43(15-7-29-84-61(74)75)56(108)96-45(17-9-31-86-63(78)79)58(110)97-46(18-10-32-87-64(80)81)57(109)95-44(16-8-30-85-62(76)77)55(107)93-42(14-6-28-83-60(72)73)52(104)90-38(49(69)101)23-24-47(68)99/h19-22,37-46,98H,1-18,23-34,65-67H2,(H2,68,99)(H2,69,101)(H,88,102)(H,89,100)(H,90,104)(H,91,103)(H,92,105)(H,93,107)(H,94,106)(H,95,109)(H,96,108)(H,97,110)(H4,70,71,82)(H4,72,73,83)(H4,74,75,84)(H4,76,77,85)(H4,78,79,86)(H4,80,81,87)/t37-,38-,39-,40-,41-,42-,43-,44-,45-,46-/m0/s1. The molecule has 0 saturated heterocycles. The highest BCUT2D eigenvalue weighted by Crippen LogP contribution is 2.14. The van der Waals surface area contributed by atoms with Crippen LogP contribution in [0.3, 0.4) is 0 Å². The van der Waals surface area contributed by atoms with Gasteiger partial charge in [0.25, 0.3) is 0 Å². The number of phenolic OH excluding ortho intramolecular Hbond substituents is 1. The van der Waals surface area contributed by atoms with Gasteiger partial charge in [-0.3, -0.25) is 90.0 Å². The van der Waals surface area contributed by atoms with Crippen molar-refractivity contribution in [2.75, 3.05) is 58.9 Å². The van der Waals surface area contributed by atoms with E-state index in [1.165, 1.54) is 12.1 Å². The van der Waals surface area contributed by atoms with E-state index >= 15 is 0 Å². The molecule has 0 aliphatic rings. The molecule has 10 atom stereocenters. The van der Waals surface area contributed by atoms with Gasteiger partial charge in [-0.25, -0.2) is 0 Å². The first-order chi connectivity index (χ1) is 52.1. The highest BCUT2D eigenvalue weighted by molar-refractivity contribution is 5.99. The molecule has 0 spiro atoms. The maximum atomic E-state index is 14.9. The van der Waals surface area contributed by atoms with E-state index in [1.807, 2.05) is 0 Å². The number of nitrogens with one attached hydrogen (secondary N) is 22. The molecular weight excluding hydrogens is 1440 g/mol. The Kier molecular flexibility index (Phi) is 47.8. The lowest BCUT2D eigenvalue weighted by atomic mass is 10.0. The van der Waals surface area contributed by atoms with Crippen LogP contribution in [-0.4, -0.2) is 231 Å². The molecule has 0 unspecified atom stereocenters. The number of rotatable bonds is 58. The number of benzene rings is 1. The predicted octanol–water partition coefficient (Wildman–Crippen LogP) is -10.7. The highest BCUT2D eigenvalue weighted by atomic mass is 16.3. The summed E-state index contributed by atoms with van der Waals surface area (Å²) in [6.07, 6.45) is -0.368. The van der Waals surface area contributed by atoms with Gasteiger partial charge in [0.05, 0.1) is 12.6 Å². The molecule has 0 heterocycles. The average molecular weight is 1560 g/mol. The second kappa shape index (κ2) is 54.7. The number of carbonyl (C=O) groups excluding carboxylic acids is 12. The van der Waals surface area contributed by atoms with Crippen molar-refractivity contribution in [3.63, 3.8) is 0 Å². The van der Waals surface area contributed by atoms with Gasteiger partial charge in [-0.1, -0.05) is 12.1 Å². The fourth-order valence-electron chi connectivity index (χ4n) is 10.6. The first-order valence-corrected chi connectivity index (χ1v) is 36.1. The van der Waals surface area contributed by atoms with Crippen molar-refractivity contribution < 1.29 is 62.6 Å². The molecule has 0 bridgehead atoms. The zero-order valence-corrected chi connectivity index (χ0v) is 62.0. The molecule has 0 radical (unpaired) electrons. The smallest absolute Gasteiger partial charge is 0.243 e. The van der Waals surface area contributed by atoms with Crippen molar-refractivity contribution in [3.8, 4) is 5.75 Å². The molecular formula is C64H119N33O13. The molecule has 110 heavy (non-hydrogen) atoms. The third-order valence-electron chi connectivity index (χ3n) is 16.4. The van der Waals surface area contributed by atoms with Gasteiger partial charge in [0.1, 0.15) is 60.1 Å². The fourth-order valence-corrected chi connectivity index (χ4v) is 10.6. The van der Waals surface area contributed by atoms with Crippen LogP contribution in [0.25, 0.3) is 0 Å². The summed E-state index contributed by atoms with van der Waals surface area (Å²) >= 11 is 0. The van der Waals surface area contributed by atoms with E-state index in [9.17, 15) is 62.6 Å². The number of unbranched alkanes of at least 4 members (excludes halogenated alkanes) is 2. The molecule has 0 aromatic heterocycles. The lowest BCUT2D eigenvalue weighted by molar-refractivity contribution is -0.136. The minimum Gasteiger partial charge on any atom is -0.508 e. The largest absolute Gasteiger partial charge is 0.508 e. The third-order valence-corrected chi connectivity index (χ3v) is 16.4. The Bertz CT molecular complexity index is 3200. The van der Waals surface area contributed by atoms with Crippen molar-refractivity contribution in [2.45, 2.75) is 195 Å². The van der Waals surface area contributed by atoms with Crippen molar-refractivity contribution in [3.05, 3.63) is 29.8 Å². The summed E-state index contributed by atoms with van der Waals surface area (Å²) in [5, 5.41) is 97.0. The summed E-state index contributed by atoms with van der Waals surface area (Å²) < 4.78 is 0. The van der Waals surface area contributed by atoms with Crippen LogP contribution in [0, 0.1) is 32.5 Å². The van der Waals surface area contributed by atoms with Crippen LogP contribution in [-0.2, 0) is 64.0 Å². The first kappa shape index (κ1) is 96.2. The van der Waals surface area contributed by atoms with Crippen LogP contribution in [0.5, 0.6) is 5.75 Å². The summed E-state index contributed by atoms with van der Waals surface area (Å²) in [4.78, 5) is 167. The normalized spacial score (nSPS) is 13.5. The number of aromatic hydroxyl groups is 1. The predicted molar refractivity (Wildman–Crippen MR) is 409 cm³/mol. The Morgan fingerprint density at radius 2 is 0.564 bits per heavy atom. The highest BCUT2D eigenvalue weighted by Gasteiger charge is 2.36. The molecule has 0 aliphatic heterocycles. The minimum atomic E-state index is -1.59. The number of phenols is 1. The van der Waals surface area contributed by atoms with Gasteiger partial charge < -0.3 is 153 Å². The Labute approximate surface area is 637 Å². The molecule has 1 aromatic rings. The topological polar surface area (TPSA) is 847 Å². The molecule has 46 heteroatoms. The number of nitrogens with two attached hydrogens (primary N) is 11. The lowest BCUT2D eigenvalue weighted by Gasteiger charge is -2.28. The molecule has 0 fully saturated rings. The van der Waals surface area contributed by atoms with Crippen LogP contribution >= 0.6 is 0 Å². The minimum absolute atomic E-state index is 0.00255. The number of primary amides is 2. The van der Waals surface area contributed by atoms with Crippen LogP contribution in [0.4, 0.5) is 0 Å². The quantitative estimate of drug-likeness (QED) is 0.0164. The van der Waals surface area contributed by atoms with Crippen molar-refractivity contribution in [1.29, 1.82) is 32.5 Å². The van der Waals surface area contributed by atoms with E-state index in [2.05, 4.69) is 85.1 Å². The van der Waals surface area contributed by atoms with Crippen LogP contribution < -0.4 is 148 Å². The van der Waals surface area contributed by atoms with E-state index in [4.69, 9.17) is 95.5 Å². The van der Waals surface area contributed by atoms with Crippen LogP contribution in [0.1, 0.15) is 134 Å². The average Bonchev–Trinajstić information content (AvgIpc) is 0.855. The van der Waals surface area contributed by atoms with E-state index in [0.29, 0.717) is 18.4 Å². The molecule has 46 nitrogen and oxygen atoms in total. The van der Waals surface area contributed by atoms with E-state index in [1.54, 1.807) is 12.1 Å². The summed E-state index contributed by atoms with van der Waals surface area (Å²) in [6, 6.07) is -8.53. The van der Waals surface area contributed by atoms with Gasteiger partial charge in [-0.2, -0.15) is 0 Å². The van der Waals surface area contributed by atoms with Crippen molar-refractivity contribution >= 4 is 107 Å². The van der Waals surface area contributed by atoms with Gasteiger partial charge in [0.2, 0.25) is 70.9 Å². The SMILES string of the molecule is N=C(N)NCCC[C@H](NC(=O)CNC(=O)[C@@H](N)Cc1ccc(O)cc1)C(=O)N[C@@H](CCCCN)C(=O)N[C@@H](CCCCN)C(=O)N[C@@H](CCCNC(=N)N)C(=O)N[C@@H](CCCNC(=N)N)C(=O)N[C@@H](CCCNC(=N)N)C(=O)N[C@@H](CCCNC(=N)N)C(=O)N[C@@H](CCCNC(=N)N)C(=O)N[C@@H](CCC(N)=O)C(N)=O. The molecule has 1 aromatic carbocycles. The van der Waals surface area contributed by atoms with E-state index in [-0.39, 0.29) is 186 Å². The zero-order chi connectivity index (χ0) is 82.7. The Morgan fingerprint density at radius 3 is 0.800 bits per heavy atom. The number of hydrogen-bond donors (Lipinski definition) is 34. The summed E-state index contributed by atoms with van der Waals surface area (Å²) in [7, 11) is 0. The maximum Gasteiger partial charge on any atom is 0.243 e. The Balaban J connectivity index is 3.91.